The monoisotopic (exact) mass is 481 g/mol. The smallest absolute Gasteiger partial charge is 0.325 e. The van der Waals surface area contributed by atoms with Gasteiger partial charge in [0, 0.05) is 12.7 Å². The lowest BCUT2D eigenvalue weighted by molar-refractivity contribution is 0.370. The van der Waals surface area contributed by atoms with E-state index in [1.807, 2.05) is 0 Å². The molecule has 0 aliphatic heterocycles. The van der Waals surface area contributed by atoms with Crippen molar-refractivity contribution >= 4 is 36.8 Å². The largest absolute Gasteiger partial charge is 0.371 e. The maximum Gasteiger partial charge on any atom is 0.325 e. The number of hydrogen-bond acceptors (Lipinski definition) is 2. The molecular formula is C23H48NO3PS2. The molecule has 0 saturated heterocycles. The highest BCUT2D eigenvalue weighted by Crippen LogP contribution is 2.35. The molecule has 0 fully saturated rings. The van der Waals surface area contributed by atoms with E-state index >= 15 is 0 Å². The van der Waals surface area contributed by atoms with Crippen LogP contribution in [-0.4, -0.2) is 26.8 Å². The molecule has 0 spiro atoms. The van der Waals surface area contributed by atoms with Crippen LogP contribution in [-0.2, 0) is 4.57 Å². The standard InChI is InChI=1S/C23H48NO3PS2/c25-28(26,27)22-20-18-16-14-12-10-8-6-4-2-1-3-5-7-9-11-13-15-17-19-21-24-23(29)30/h1-22H2,(H2,24,29,30)(H2,25,26,27). The average Bonchev–Trinajstić information content (AvgIpc) is 2.67. The van der Waals surface area contributed by atoms with E-state index < -0.39 is 7.60 Å². The second-order valence-corrected chi connectivity index (χ2v) is 11.6. The molecule has 180 valence electrons. The van der Waals surface area contributed by atoms with Gasteiger partial charge < -0.3 is 15.1 Å². The second kappa shape index (κ2) is 22.6. The maximum atomic E-state index is 10.7. The summed E-state index contributed by atoms with van der Waals surface area (Å²) in [6, 6.07) is 0. The molecule has 0 aromatic heterocycles. The van der Waals surface area contributed by atoms with E-state index in [1.54, 1.807) is 0 Å². The third-order valence-electron chi connectivity index (χ3n) is 5.65. The summed E-state index contributed by atoms with van der Waals surface area (Å²) in [5, 5.41) is 3.09. The van der Waals surface area contributed by atoms with Crippen LogP contribution in [0.5, 0.6) is 0 Å². The lowest BCUT2D eigenvalue weighted by Crippen LogP contribution is -2.17. The summed E-state index contributed by atoms with van der Waals surface area (Å²) in [6.07, 6.45) is 25.7. The minimum atomic E-state index is -3.77. The van der Waals surface area contributed by atoms with Gasteiger partial charge in [-0.25, -0.2) is 0 Å². The first-order valence-corrected chi connectivity index (χ1v) is 15.1. The first kappa shape index (κ1) is 30.4. The molecular weight excluding hydrogens is 433 g/mol. The number of thiol groups is 1. The zero-order valence-electron chi connectivity index (χ0n) is 19.2. The van der Waals surface area contributed by atoms with Gasteiger partial charge in [0.1, 0.15) is 4.32 Å². The van der Waals surface area contributed by atoms with Crippen molar-refractivity contribution in [2.75, 3.05) is 12.7 Å². The lowest BCUT2D eigenvalue weighted by Gasteiger charge is -2.05. The van der Waals surface area contributed by atoms with Crippen molar-refractivity contribution in [2.45, 2.75) is 128 Å². The number of hydrogen-bond donors (Lipinski definition) is 4. The molecule has 0 radical (unpaired) electrons. The van der Waals surface area contributed by atoms with E-state index in [4.69, 9.17) is 22.0 Å². The van der Waals surface area contributed by atoms with Crippen LogP contribution in [0.1, 0.15) is 128 Å². The summed E-state index contributed by atoms with van der Waals surface area (Å²) in [5.74, 6) is 0. The Morgan fingerprint density at radius 3 is 1.13 bits per heavy atom. The quantitative estimate of drug-likeness (QED) is 0.0519. The van der Waals surface area contributed by atoms with Gasteiger partial charge in [0.05, 0.1) is 0 Å². The summed E-state index contributed by atoms with van der Waals surface area (Å²) in [4.78, 5) is 17.6. The van der Waals surface area contributed by atoms with Crippen molar-refractivity contribution in [1.82, 2.24) is 5.32 Å². The Hall–Kier alpha value is 0.390. The van der Waals surface area contributed by atoms with Gasteiger partial charge in [-0.15, -0.1) is 12.6 Å². The minimum Gasteiger partial charge on any atom is -0.371 e. The Balaban J connectivity index is 3.05. The van der Waals surface area contributed by atoms with Gasteiger partial charge in [0.25, 0.3) is 0 Å². The zero-order valence-corrected chi connectivity index (χ0v) is 21.8. The van der Waals surface area contributed by atoms with Gasteiger partial charge in [0.2, 0.25) is 0 Å². The molecule has 0 amide bonds. The lowest BCUT2D eigenvalue weighted by atomic mass is 10.0. The van der Waals surface area contributed by atoms with Gasteiger partial charge in [0.15, 0.2) is 0 Å². The highest BCUT2D eigenvalue weighted by molar-refractivity contribution is 8.11. The van der Waals surface area contributed by atoms with Gasteiger partial charge in [-0.1, -0.05) is 128 Å². The van der Waals surface area contributed by atoms with Crippen LogP contribution in [0.2, 0.25) is 0 Å². The highest BCUT2D eigenvalue weighted by atomic mass is 32.1. The Labute approximate surface area is 197 Å². The van der Waals surface area contributed by atoms with E-state index in [0.29, 0.717) is 10.7 Å². The number of nitrogens with one attached hydrogen (secondary N) is 1. The SMILES string of the molecule is O=P(O)(O)CCCCCCCCCCCCCCCCCCCCCCNC(=S)S. The molecule has 0 bridgehead atoms. The van der Waals surface area contributed by atoms with E-state index in [9.17, 15) is 4.57 Å². The van der Waals surface area contributed by atoms with Crippen molar-refractivity contribution in [3.05, 3.63) is 0 Å². The van der Waals surface area contributed by atoms with Gasteiger partial charge in [-0.05, 0) is 12.8 Å². The highest BCUT2D eigenvalue weighted by Gasteiger charge is 2.10. The Bertz CT molecular complexity index is 433. The van der Waals surface area contributed by atoms with E-state index in [1.165, 1.54) is 109 Å². The molecule has 0 aliphatic carbocycles. The van der Waals surface area contributed by atoms with E-state index in [2.05, 4.69) is 17.9 Å². The Morgan fingerprint density at radius 1 is 0.600 bits per heavy atom. The molecule has 0 rings (SSSR count). The first-order valence-electron chi connectivity index (χ1n) is 12.4. The van der Waals surface area contributed by atoms with E-state index in [-0.39, 0.29) is 6.16 Å². The van der Waals surface area contributed by atoms with Crippen LogP contribution >= 0.6 is 32.4 Å². The molecule has 3 N–H and O–H groups in total. The van der Waals surface area contributed by atoms with Gasteiger partial charge in [-0.3, -0.25) is 4.57 Å². The third-order valence-corrected chi connectivity index (χ3v) is 6.85. The van der Waals surface area contributed by atoms with Crippen LogP contribution in [0.4, 0.5) is 0 Å². The van der Waals surface area contributed by atoms with Crippen LogP contribution < -0.4 is 5.32 Å². The summed E-state index contributed by atoms with van der Waals surface area (Å²) in [5.41, 5.74) is 0. The molecule has 0 atom stereocenters. The van der Waals surface area contributed by atoms with Gasteiger partial charge in [-0.2, -0.15) is 0 Å². The van der Waals surface area contributed by atoms with Crippen LogP contribution in [0, 0.1) is 0 Å². The molecule has 4 nitrogen and oxygen atoms in total. The number of thiocarbonyl (C=S) groups is 1. The van der Waals surface area contributed by atoms with E-state index in [0.717, 1.165) is 19.4 Å². The summed E-state index contributed by atoms with van der Waals surface area (Å²) in [7, 11) is -3.77. The first-order chi connectivity index (χ1) is 14.4. The molecule has 0 aromatic rings. The number of rotatable bonds is 23. The molecule has 30 heavy (non-hydrogen) atoms. The molecule has 0 unspecified atom stereocenters. The molecule has 7 heteroatoms. The molecule has 0 aromatic carbocycles. The fourth-order valence-corrected chi connectivity index (χ4v) is 4.67. The minimum absolute atomic E-state index is 0.0541. The molecule has 0 heterocycles. The predicted octanol–water partition coefficient (Wildman–Crippen LogP) is 7.77. The summed E-state index contributed by atoms with van der Waals surface area (Å²) in [6.45, 7) is 0.965. The maximum absolute atomic E-state index is 10.7. The topological polar surface area (TPSA) is 69.6 Å². The Morgan fingerprint density at radius 2 is 0.867 bits per heavy atom. The fourth-order valence-electron chi connectivity index (χ4n) is 3.82. The molecule has 0 aliphatic rings. The second-order valence-electron chi connectivity index (χ2n) is 8.69. The average molecular weight is 482 g/mol. The van der Waals surface area contributed by atoms with Gasteiger partial charge >= 0.3 is 7.60 Å². The summed E-state index contributed by atoms with van der Waals surface area (Å²) < 4.78 is 11.4. The molecule has 0 saturated carbocycles. The van der Waals surface area contributed by atoms with Crippen molar-refractivity contribution in [3.8, 4) is 0 Å². The fraction of sp³-hybridized carbons (Fsp3) is 0.957. The van der Waals surface area contributed by atoms with Crippen molar-refractivity contribution < 1.29 is 14.4 Å². The van der Waals surface area contributed by atoms with Crippen LogP contribution in [0.25, 0.3) is 0 Å². The predicted molar refractivity (Wildman–Crippen MR) is 139 cm³/mol. The van der Waals surface area contributed by atoms with Crippen molar-refractivity contribution in [3.63, 3.8) is 0 Å². The zero-order chi connectivity index (χ0) is 22.3. The number of unbranched alkanes of at least 4 members (excludes halogenated alkanes) is 19. The summed E-state index contributed by atoms with van der Waals surface area (Å²) >= 11 is 8.92. The van der Waals surface area contributed by atoms with Crippen molar-refractivity contribution in [1.29, 1.82) is 0 Å². The van der Waals surface area contributed by atoms with Crippen LogP contribution in [0.3, 0.4) is 0 Å². The third kappa shape index (κ3) is 28.4. The van der Waals surface area contributed by atoms with Crippen LogP contribution in [0.15, 0.2) is 0 Å². The normalized spacial score (nSPS) is 11.7. The Kier molecular flexibility index (Phi) is 22.9. The van der Waals surface area contributed by atoms with Crippen molar-refractivity contribution in [2.24, 2.45) is 0 Å².